The Kier molecular flexibility index (Phi) is 4.55. The number of rotatable bonds is 4. The molecule has 0 aliphatic rings. The first-order valence-electron chi connectivity index (χ1n) is 8.04. The number of benzene rings is 2. The van der Waals surface area contributed by atoms with Crippen LogP contribution in [-0.2, 0) is 0 Å². The molecule has 0 unspecified atom stereocenters. The zero-order valence-electron chi connectivity index (χ0n) is 14.4. The van der Waals surface area contributed by atoms with Crippen LogP contribution in [0.2, 0.25) is 5.02 Å². The van der Waals surface area contributed by atoms with Crippen LogP contribution in [0.5, 0.6) is 5.75 Å². The van der Waals surface area contributed by atoms with E-state index in [9.17, 15) is 4.79 Å². The molecule has 2 heterocycles. The number of thiazole rings is 1. The van der Waals surface area contributed by atoms with Gasteiger partial charge in [0.1, 0.15) is 28.3 Å². The van der Waals surface area contributed by atoms with Crippen molar-refractivity contribution in [3.63, 3.8) is 0 Å². The average Bonchev–Trinajstić information content (AvgIpc) is 3.24. The number of hydrogen-bond donors (Lipinski definition) is 1. The van der Waals surface area contributed by atoms with Crippen LogP contribution in [0.25, 0.3) is 21.5 Å². The smallest absolute Gasteiger partial charge is 0.263 e. The van der Waals surface area contributed by atoms with Crippen LogP contribution in [0.1, 0.15) is 16.1 Å². The van der Waals surface area contributed by atoms with Crippen LogP contribution in [-0.4, -0.2) is 23.2 Å². The number of fused-ring (bicyclic) bond motifs is 1. The lowest BCUT2D eigenvalue weighted by molar-refractivity contribution is 0.102. The van der Waals surface area contributed by atoms with Crippen LogP contribution in [0.15, 0.2) is 47.0 Å². The zero-order chi connectivity index (χ0) is 19.0. The van der Waals surface area contributed by atoms with Crippen molar-refractivity contribution in [1.82, 2.24) is 10.1 Å². The van der Waals surface area contributed by atoms with E-state index < -0.39 is 0 Å². The summed E-state index contributed by atoms with van der Waals surface area (Å²) < 4.78 is 11.5. The van der Waals surface area contributed by atoms with E-state index in [2.05, 4.69) is 15.5 Å². The maximum Gasteiger partial charge on any atom is 0.263 e. The van der Waals surface area contributed by atoms with E-state index in [-0.39, 0.29) is 5.91 Å². The summed E-state index contributed by atoms with van der Waals surface area (Å²) in [5.74, 6) is 0.699. The molecule has 1 amide bonds. The van der Waals surface area contributed by atoms with Gasteiger partial charge in [-0.2, -0.15) is 0 Å². The summed E-state index contributed by atoms with van der Waals surface area (Å²) in [6.07, 6.45) is 0. The predicted octanol–water partition coefficient (Wildman–Crippen LogP) is 5.17. The van der Waals surface area contributed by atoms with Crippen molar-refractivity contribution in [2.24, 2.45) is 0 Å². The van der Waals surface area contributed by atoms with Gasteiger partial charge in [-0.1, -0.05) is 52.4 Å². The fraction of sp³-hybridized carbons (Fsp3) is 0.105. The Labute approximate surface area is 163 Å². The van der Waals surface area contributed by atoms with Gasteiger partial charge >= 0.3 is 0 Å². The summed E-state index contributed by atoms with van der Waals surface area (Å²) in [5.41, 5.74) is 2.06. The molecule has 136 valence electrons. The first kappa shape index (κ1) is 17.5. The van der Waals surface area contributed by atoms with Crippen molar-refractivity contribution in [2.45, 2.75) is 6.92 Å². The topological polar surface area (TPSA) is 77.2 Å². The number of anilines is 1. The van der Waals surface area contributed by atoms with Gasteiger partial charge in [0.25, 0.3) is 5.91 Å². The molecule has 0 atom stereocenters. The van der Waals surface area contributed by atoms with Gasteiger partial charge in [-0.25, -0.2) is 4.98 Å². The largest absolute Gasteiger partial charge is 0.494 e. The SMILES string of the molecule is COc1cccc2sc(NC(=O)c3c(-c4ccccc4Cl)noc3C)nc12. The van der Waals surface area contributed by atoms with Crippen molar-refractivity contribution < 1.29 is 14.1 Å². The number of aryl methyl sites for hydroxylation is 1. The second-order valence-electron chi connectivity index (χ2n) is 5.72. The molecule has 1 N–H and O–H groups in total. The summed E-state index contributed by atoms with van der Waals surface area (Å²) in [7, 11) is 1.59. The van der Waals surface area contributed by atoms with E-state index >= 15 is 0 Å². The molecule has 6 nitrogen and oxygen atoms in total. The summed E-state index contributed by atoms with van der Waals surface area (Å²) in [4.78, 5) is 17.4. The number of para-hydroxylation sites is 1. The lowest BCUT2D eigenvalue weighted by Gasteiger charge is -2.04. The highest BCUT2D eigenvalue weighted by atomic mass is 35.5. The molecular formula is C19H14ClN3O3S. The molecule has 27 heavy (non-hydrogen) atoms. The number of aromatic nitrogens is 2. The Morgan fingerprint density at radius 1 is 1.22 bits per heavy atom. The fourth-order valence-electron chi connectivity index (χ4n) is 2.78. The molecule has 0 radical (unpaired) electrons. The van der Waals surface area contributed by atoms with E-state index in [1.165, 1.54) is 11.3 Å². The minimum absolute atomic E-state index is 0.328. The zero-order valence-corrected chi connectivity index (χ0v) is 16.0. The van der Waals surface area contributed by atoms with Crippen LogP contribution in [0.3, 0.4) is 0 Å². The first-order valence-corrected chi connectivity index (χ1v) is 9.24. The maximum atomic E-state index is 12.9. The average molecular weight is 400 g/mol. The molecule has 0 spiro atoms. The molecular weight excluding hydrogens is 386 g/mol. The van der Waals surface area contributed by atoms with Crippen LogP contribution >= 0.6 is 22.9 Å². The first-order chi connectivity index (χ1) is 13.1. The van der Waals surface area contributed by atoms with E-state index in [1.54, 1.807) is 26.2 Å². The quantitative estimate of drug-likeness (QED) is 0.512. The van der Waals surface area contributed by atoms with Crippen molar-refractivity contribution in [1.29, 1.82) is 0 Å². The van der Waals surface area contributed by atoms with Crippen LogP contribution in [0, 0.1) is 6.92 Å². The Morgan fingerprint density at radius 2 is 2.04 bits per heavy atom. The number of halogens is 1. The molecule has 0 fully saturated rings. The van der Waals surface area contributed by atoms with Gasteiger partial charge in [0.15, 0.2) is 5.13 Å². The van der Waals surface area contributed by atoms with Crippen molar-refractivity contribution >= 4 is 44.2 Å². The Hall–Kier alpha value is -2.90. The number of methoxy groups -OCH3 is 1. The van der Waals surface area contributed by atoms with Gasteiger partial charge in [-0.05, 0) is 25.1 Å². The highest BCUT2D eigenvalue weighted by Crippen LogP contribution is 2.34. The third kappa shape index (κ3) is 3.15. The van der Waals surface area contributed by atoms with Crippen molar-refractivity contribution in [3.05, 3.63) is 58.8 Å². The Bertz CT molecular complexity index is 1150. The molecule has 4 aromatic rings. The predicted molar refractivity (Wildman–Crippen MR) is 106 cm³/mol. The third-order valence-corrected chi connectivity index (χ3v) is 5.31. The summed E-state index contributed by atoms with van der Waals surface area (Å²) in [5, 5.41) is 7.80. The second-order valence-corrected chi connectivity index (χ2v) is 7.16. The lowest BCUT2D eigenvalue weighted by Crippen LogP contribution is -2.13. The minimum Gasteiger partial charge on any atom is -0.494 e. The molecule has 0 aliphatic carbocycles. The highest BCUT2D eigenvalue weighted by Gasteiger charge is 2.24. The van der Waals surface area contributed by atoms with Gasteiger partial charge in [0.05, 0.1) is 16.8 Å². The van der Waals surface area contributed by atoms with E-state index in [0.29, 0.717) is 44.0 Å². The number of nitrogens with zero attached hydrogens (tertiary/aromatic N) is 2. The van der Waals surface area contributed by atoms with E-state index in [1.807, 2.05) is 30.3 Å². The molecule has 4 rings (SSSR count). The number of amides is 1. The molecule has 0 saturated heterocycles. The number of ether oxygens (including phenoxy) is 1. The van der Waals surface area contributed by atoms with Crippen LogP contribution in [0.4, 0.5) is 5.13 Å². The van der Waals surface area contributed by atoms with Gasteiger partial charge in [-0.15, -0.1) is 0 Å². The summed E-state index contributed by atoms with van der Waals surface area (Å²) in [6.45, 7) is 1.68. The number of carbonyl (C=O) groups excluding carboxylic acids is 1. The molecule has 2 aromatic heterocycles. The maximum absolute atomic E-state index is 12.9. The summed E-state index contributed by atoms with van der Waals surface area (Å²) in [6, 6.07) is 12.8. The molecule has 0 bridgehead atoms. The Morgan fingerprint density at radius 3 is 2.81 bits per heavy atom. The lowest BCUT2D eigenvalue weighted by atomic mass is 10.1. The van der Waals surface area contributed by atoms with Crippen molar-refractivity contribution in [2.75, 3.05) is 12.4 Å². The monoisotopic (exact) mass is 399 g/mol. The second kappa shape index (κ2) is 7.02. The molecule has 0 saturated carbocycles. The van der Waals surface area contributed by atoms with E-state index in [0.717, 1.165) is 4.70 Å². The fourth-order valence-corrected chi connectivity index (χ4v) is 3.88. The van der Waals surface area contributed by atoms with Crippen LogP contribution < -0.4 is 10.1 Å². The standard InChI is InChI=1S/C19H14ClN3O3S/c1-10-15(16(23-26-10)11-6-3-4-7-12(11)20)18(24)22-19-21-17-13(25-2)8-5-9-14(17)27-19/h3-9H,1-2H3,(H,21,22,24). The summed E-state index contributed by atoms with van der Waals surface area (Å²) >= 11 is 7.62. The molecule has 0 aliphatic heterocycles. The molecule has 8 heteroatoms. The highest BCUT2D eigenvalue weighted by molar-refractivity contribution is 7.22. The number of nitrogens with one attached hydrogen (secondary N) is 1. The van der Waals surface area contributed by atoms with Gasteiger partial charge in [-0.3, -0.25) is 10.1 Å². The van der Waals surface area contributed by atoms with E-state index in [4.69, 9.17) is 20.9 Å². The third-order valence-electron chi connectivity index (χ3n) is 4.04. The number of carbonyl (C=O) groups is 1. The van der Waals surface area contributed by atoms with Gasteiger partial charge < -0.3 is 9.26 Å². The van der Waals surface area contributed by atoms with Gasteiger partial charge in [0.2, 0.25) is 0 Å². The van der Waals surface area contributed by atoms with Crippen molar-refractivity contribution in [3.8, 4) is 17.0 Å². The molecule has 2 aromatic carbocycles. The Balaban J connectivity index is 1.71. The number of hydrogen-bond acceptors (Lipinski definition) is 6. The van der Waals surface area contributed by atoms with Gasteiger partial charge in [0, 0.05) is 5.56 Å². The normalized spacial score (nSPS) is 10.9. The minimum atomic E-state index is -0.360.